The Kier molecular flexibility index (Phi) is 10.7. The smallest absolute Gasteiger partial charge is 0.408 e. The van der Waals surface area contributed by atoms with Gasteiger partial charge in [0.25, 0.3) is 0 Å². The van der Waals surface area contributed by atoms with Gasteiger partial charge in [-0.1, -0.05) is 66.7 Å². The van der Waals surface area contributed by atoms with Crippen molar-refractivity contribution in [1.82, 2.24) is 15.5 Å². The maximum Gasteiger partial charge on any atom is 0.408 e. The van der Waals surface area contributed by atoms with Crippen molar-refractivity contribution >= 4 is 29.0 Å². The van der Waals surface area contributed by atoms with Crippen molar-refractivity contribution in [3.8, 4) is 5.75 Å². The molecule has 0 spiro atoms. The van der Waals surface area contributed by atoms with Gasteiger partial charge in [0.1, 0.15) is 18.4 Å². The predicted molar refractivity (Wildman–Crippen MR) is 170 cm³/mol. The molecular weight excluding hydrogens is 560 g/mol. The number of anilines is 1. The molecule has 3 N–H and O–H groups in total. The summed E-state index contributed by atoms with van der Waals surface area (Å²) in [6, 6.07) is 28.0. The number of hydrogen-bond acceptors (Lipinski definition) is 7. The Morgan fingerprint density at radius 2 is 1.60 bits per heavy atom. The molecular formula is C34H38N4O4S. The van der Waals surface area contributed by atoms with Gasteiger partial charge < -0.3 is 30.3 Å². The third-order valence-corrected chi connectivity index (χ3v) is 8.48. The topological polar surface area (TPSA) is 94.1 Å². The number of phenols is 1. The molecule has 1 aromatic heterocycles. The van der Waals surface area contributed by atoms with E-state index < -0.39 is 12.1 Å². The van der Waals surface area contributed by atoms with Gasteiger partial charge in [-0.15, -0.1) is 11.3 Å². The summed E-state index contributed by atoms with van der Waals surface area (Å²) in [4.78, 5) is 32.0. The van der Waals surface area contributed by atoms with Crippen molar-refractivity contribution in [1.29, 1.82) is 0 Å². The number of ether oxygens (including phenoxy) is 1. The molecule has 0 unspecified atom stereocenters. The van der Waals surface area contributed by atoms with Gasteiger partial charge in [-0.2, -0.15) is 0 Å². The van der Waals surface area contributed by atoms with E-state index in [1.165, 1.54) is 16.1 Å². The number of hydrogen-bond donors (Lipinski definition) is 3. The number of nitrogens with zero attached hydrogens (tertiary/aromatic N) is 2. The molecule has 0 saturated carbocycles. The summed E-state index contributed by atoms with van der Waals surface area (Å²) in [5, 5.41) is 18.2. The first-order chi connectivity index (χ1) is 21.0. The monoisotopic (exact) mass is 598 g/mol. The predicted octanol–water partition coefficient (Wildman–Crippen LogP) is 4.97. The van der Waals surface area contributed by atoms with Crippen molar-refractivity contribution in [2.75, 3.05) is 37.6 Å². The highest BCUT2D eigenvalue weighted by atomic mass is 32.1. The van der Waals surface area contributed by atoms with E-state index >= 15 is 0 Å². The van der Waals surface area contributed by atoms with Gasteiger partial charge >= 0.3 is 6.09 Å². The van der Waals surface area contributed by atoms with Gasteiger partial charge in [-0.05, 0) is 52.8 Å². The second kappa shape index (κ2) is 15.2. The van der Waals surface area contributed by atoms with Gasteiger partial charge in [-0.3, -0.25) is 4.79 Å². The van der Waals surface area contributed by atoms with Crippen LogP contribution in [0.1, 0.15) is 21.6 Å². The van der Waals surface area contributed by atoms with Crippen molar-refractivity contribution < 1.29 is 19.4 Å². The van der Waals surface area contributed by atoms with E-state index in [4.69, 9.17) is 4.74 Å². The lowest BCUT2D eigenvalue weighted by atomic mass is 10.0. The van der Waals surface area contributed by atoms with E-state index in [1.54, 1.807) is 35.6 Å². The summed E-state index contributed by atoms with van der Waals surface area (Å²) < 4.78 is 5.43. The third-order valence-electron chi connectivity index (χ3n) is 7.55. The molecule has 0 bridgehead atoms. The number of amides is 2. The van der Waals surface area contributed by atoms with Gasteiger partial charge in [0, 0.05) is 56.3 Å². The number of para-hydroxylation sites is 1. The van der Waals surface area contributed by atoms with E-state index in [2.05, 4.69) is 57.3 Å². The minimum atomic E-state index is -0.792. The van der Waals surface area contributed by atoms with Gasteiger partial charge in [0.15, 0.2) is 0 Å². The van der Waals surface area contributed by atoms with Crippen LogP contribution in [-0.4, -0.2) is 60.8 Å². The largest absolute Gasteiger partial charge is 0.508 e. The third kappa shape index (κ3) is 8.83. The number of rotatable bonds is 12. The minimum absolute atomic E-state index is 0.119. The van der Waals surface area contributed by atoms with Crippen molar-refractivity contribution in [2.45, 2.75) is 32.0 Å². The fourth-order valence-electron chi connectivity index (χ4n) is 5.22. The number of thiophene rings is 1. The SMILES string of the molecule is O=C(N[C@H](Cc1ccc(O)cc1)C(=O)N1CCN(c2ccccc2CNCCc2cccs2)CC1)OCc1ccccc1. The molecule has 5 rings (SSSR count). The molecule has 8 nitrogen and oxygen atoms in total. The number of benzene rings is 3. The first kappa shape index (κ1) is 30.1. The zero-order valence-corrected chi connectivity index (χ0v) is 25.0. The van der Waals surface area contributed by atoms with Crippen LogP contribution in [0.5, 0.6) is 5.75 Å². The molecule has 9 heteroatoms. The molecule has 4 aromatic rings. The minimum Gasteiger partial charge on any atom is -0.508 e. The zero-order chi connectivity index (χ0) is 29.9. The first-order valence-corrected chi connectivity index (χ1v) is 15.5. The molecule has 2 amide bonds. The van der Waals surface area contributed by atoms with Crippen LogP contribution in [-0.2, 0) is 35.5 Å². The summed E-state index contributed by atoms with van der Waals surface area (Å²) in [5.74, 6) is 0.00360. The van der Waals surface area contributed by atoms with Crippen LogP contribution in [0.3, 0.4) is 0 Å². The summed E-state index contributed by atoms with van der Waals surface area (Å²) >= 11 is 1.78. The Labute approximate surface area is 256 Å². The summed E-state index contributed by atoms with van der Waals surface area (Å²) in [6.07, 6.45) is 0.666. The molecule has 224 valence electrons. The molecule has 1 fully saturated rings. The van der Waals surface area contributed by atoms with Crippen LogP contribution in [0.4, 0.5) is 10.5 Å². The van der Waals surface area contributed by atoms with E-state index in [1.807, 2.05) is 35.2 Å². The Hall–Kier alpha value is -4.34. The molecule has 0 radical (unpaired) electrons. The molecule has 1 aliphatic rings. The quantitative estimate of drug-likeness (QED) is 0.200. The molecule has 2 heterocycles. The average Bonchev–Trinajstić information content (AvgIpc) is 3.57. The van der Waals surface area contributed by atoms with Crippen LogP contribution < -0.4 is 15.5 Å². The normalized spacial score (nSPS) is 13.9. The Bertz CT molecular complexity index is 1440. The van der Waals surface area contributed by atoms with Crippen LogP contribution >= 0.6 is 11.3 Å². The fraction of sp³-hybridized carbons (Fsp3) is 0.294. The fourth-order valence-corrected chi connectivity index (χ4v) is 5.93. The molecule has 1 atom stereocenters. The van der Waals surface area contributed by atoms with Gasteiger partial charge in [0.2, 0.25) is 5.91 Å². The Morgan fingerprint density at radius 1 is 0.860 bits per heavy atom. The number of phenolic OH excluding ortho intramolecular Hbond substituents is 1. The maximum absolute atomic E-state index is 13.7. The highest BCUT2D eigenvalue weighted by molar-refractivity contribution is 7.09. The standard InChI is InChI=1S/C34H38N4O4S/c39-29-14-12-26(13-15-29)23-31(36-34(41)42-25-27-7-2-1-3-8-27)33(40)38-20-18-37(19-21-38)32-11-5-4-9-28(32)24-35-17-16-30-10-6-22-43-30/h1-15,22,31,35,39H,16-21,23-25H2,(H,36,41)/t31-/m1/s1. The second-order valence-corrected chi connectivity index (χ2v) is 11.6. The van der Waals surface area contributed by atoms with Crippen molar-refractivity contribution in [3.63, 3.8) is 0 Å². The highest BCUT2D eigenvalue weighted by Gasteiger charge is 2.30. The Morgan fingerprint density at radius 3 is 2.35 bits per heavy atom. The van der Waals surface area contributed by atoms with Crippen LogP contribution in [0.25, 0.3) is 0 Å². The maximum atomic E-state index is 13.7. The van der Waals surface area contributed by atoms with E-state index in [9.17, 15) is 14.7 Å². The molecule has 1 aliphatic heterocycles. The van der Waals surface area contributed by atoms with Crippen LogP contribution in [0.15, 0.2) is 96.4 Å². The van der Waals surface area contributed by atoms with E-state index in [-0.39, 0.29) is 18.3 Å². The van der Waals surface area contributed by atoms with Crippen LogP contribution in [0.2, 0.25) is 0 Å². The molecule has 0 aliphatic carbocycles. The van der Waals surface area contributed by atoms with Gasteiger partial charge in [-0.25, -0.2) is 4.79 Å². The number of nitrogens with one attached hydrogen (secondary N) is 2. The zero-order valence-electron chi connectivity index (χ0n) is 24.2. The van der Waals surface area contributed by atoms with Crippen molar-refractivity contribution in [3.05, 3.63) is 118 Å². The number of piperazine rings is 1. The summed E-state index contributed by atoms with van der Waals surface area (Å²) in [7, 11) is 0. The lowest BCUT2D eigenvalue weighted by Gasteiger charge is -2.38. The number of alkyl carbamates (subject to hydrolysis) is 1. The first-order valence-electron chi connectivity index (χ1n) is 14.6. The van der Waals surface area contributed by atoms with Crippen LogP contribution in [0, 0.1) is 0 Å². The lowest BCUT2D eigenvalue weighted by Crippen LogP contribution is -2.55. The molecule has 43 heavy (non-hydrogen) atoms. The second-order valence-electron chi connectivity index (χ2n) is 10.6. The van der Waals surface area contributed by atoms with E-state index in [0.717, 1.165) is 30.6 Å². The van der Waals surface area contributed by atoms with E-state index in [0.29, 0.717) is 32.6 Å². The number of aromatic hydroxyl groups is 1. The Balaban J connectivity index is 1.18. The highest BCUT2D eigenvalue weighted by Crippen LogP contribution is 2.23. The summed E-state index contributed by atoms with van der Waals surface area (Å²) in [6.45, 7) is 4.31. The number of carbonyl (C=O) groups is 2. The molecule has 3 aromatic carbocycles. The van der Waals surface area contributed by atoms with Crippen molar-refractivity contribution in [2.24, 2.45) is 0 Å². The average molecular weight is 599 g/mol. The summed E-state index contributed by atoms with van der Waals surface area (Å²) in [5.41, 5.74) is 4.12. The lowest BCUT2D eigenvalue weighted by molar-refractivity contribution is -0.133. The molecule has 1 saturated heterocycles. The van der Waals surface area contributed by atoms with Gasteiger partial charge in [0.05, 0.1) is 0 Å². The number of carbonyl (C=O) groups excluding carboxylic acids is 2.